The van der Waals surface area contributed by atoms with Crippen LogP contribution >= 0.6 is 0 Å². The summed E-state index contributed by atoms with van der Waals surface area (Å²) < 4.78 is 0. The minimum absolute atomic E-state index is 0.00490. The zero-order chi connectivity index (χ0) is 27.3. The number of carboxylic acids is 1. The molecule has 0 aliphatic carbocycles. The normalized spacial score (nSPS) is 14.4. The lowest BCUT2D eigenvalue weighted by atomic mass is 10.0. The fourth-order valence-corrected chi connectivity index (χ4v) is 3.45. The Morgan fingerprint density at radius 3 is 1.97 bits per heavy atom. The number of nitrogens with one attached hydrogen (secondary N) is 3. The predicted octanol–water partition coefficient (Wildman–Crippen LogP) is -1.03. The molecule has 3 amide bonds. The second kappa shape index (κ2) is 15.7. The Morgan fingerprint density at radius 1 is 0.889 bits per heavy atom. The number of amides is 3. The molecule has 0 heterocycles. The van der Waals surface area contributed by atoms with Crippen molar-refractivity contribution in [3.8, 4) is 5.75 Å². The molecular formula is C24H39N5O7. The third-order valence-electron chi connectivity index (χ3n) is 5.45. The van der Waals surface area contributed by atoms with Gasteiger partial charge in [-0.15, -0.1) is 0 Å². The van der Waals surface area contributed by atoms with Gasteiger partial charge in [-0.3, -0.25) is 14.4 Å². The van der Waals surface area contributed by atoms with Crippen LogP contribution in [0.4, 0.5) is 0 Å². The monoisotopic (exact) mass is 509 g/mol. The zero-order valence-electron chi connectivity index (χ0n) is 20.8. The SMILES string of the molecule is CC(C)CC(NC(=O)C(N)Cc1ccc(O)cc1)C(=O)NC(CO)C(=O)NC(CCCCN)C(=O)O. The van der Waals surface area contributed by atoms with Gasteiger partial charge < -0.3 is 42.7 Å². The van der Waals surface area contributed by atoms with E-state index in [1.165, 1.54) is 12.1 Å². The lowest BCUT2D eigenvalue weighted by Crippen LogP contribution is -2.58. The van der Waals surface area contributed by atoms with E-state index in [4.69, 9.17) is 11.5 Å². The van der Waals surface area contributed by atoms with Crippen molar-refractivity contribution in [1.29, 1.82) is 0 Å². The van der Waals surface area contributed by atoms with Crippen LogP contribution in [-0.2, 0) is 25.6 Å². The maximum atomic E-state index is 12.9. The van der Waals surface area contributed by atoms with Gasteiger partial charge in [-0.1, -0.05) is 26.0 Å². The molecular weight excluding hydrogens is 470 g/mol. The van der Waals surface area contributed by atoms with Gasteiger partial charge in [0.05, 0.1) is 12.6 Å². The highest BCUT2D eigenvalue weighted by Crippen LogP contribution is 2.12. The Kier molecular flexibility index (Phi) is 13.4. The molecule has 0 bridgehead atoms. The number of phenolic OH excluding ortho intramolecular Hbond substituents is 1. The van der Waals surface area contributed by atoms with Crippen LogP contribution in [0.5, 0.6) is 5.75 Å². The highest BCUT2D eigenvalue weighted by Gasteiger charge is 2.30. The number of aliphatic hydroxyl groups excluding tert-OH is 1. The molecule has 0 aliphatic heterocycles. The van der Waals surface area contributed by atoms with Crippen molar-refractivity contribution in [1.82, 2.24) is 16.0 Å². The number of carbonyl (C=O) groups excluding carboxylic acids is 3. The highest BCUT2D eigenvalue weighted by atomic mass is 16.4. The first-order chi connectivity index (χ1) is 17.0. The number of hydrogen-bond donors (Lipinski definition) is 8. The quantitative estimate of drug-likeness (QED) is 0.128. The van der Waals surface area contributed by atoms with Crippen LogP contribution in [-0.4, -0.2) is 76.3 Å². The van der Waals surface area contributed by atoms with Gasteiger partial charge in [-0.05, 0) is 62.3 Å². The summed E-state index contributed by atoms with van der Waals surface area (Å²) in [6, 6.07) is 1.59. The molecule has 12 heteroatoms. The number of hydrogen-bond acceptors (Lipinski definition) is 8. The number of aliphatic carboxylic acids is 1. The van der Waals surface area contributed by atoms with E-state index in [0.717, 1.165) is 5.56 Å². The lowest BCUT2D eigenvalue weighted by molar-refractivity contribution is -0.142. The number of nitrogens with two attached hydrogens (primary N) is 2. The fraction of sp³-hybridized carbons (Fsp3) is 0.583. The average molecular weight is 510 g/mol. The third kappa shape index (κ3) is 11.0. The van der Waals surface area contributed by atoms with Crippen LogP contribution in [0.15, 0.2) is 24.3 Å². The summed E-state index contributed by atoms with van der Waals surface area (Å²) >= 11 is 0. The number of unbranched alkanes of at least 4 members (excludes halogenated alkanes) is 1. The van der Waals surface area contributed by atoms with E-state index in [0.29, 0.717) is 19.4 Å². The van der Waals surface area contributed by atoms with Crippen molar-refractivity contribution in [3.63, 3.8) is 0 Å². The average Bonchev–Trinajstić information content (AvgIpc) is 2.82. The van der Waals surface area contributed by atoms with Crippen molar-refractivity contribution < 1.29 is 34.5 Å². The molecule has 1 aromatic rings. The number of carbonyl (C=O) groups is 4. The van der Waals surface area contributed by atoms with Gasteiger partial charge in [-0.25, -0.2) is 4.79 Å². The van der Waals surface area contributed by atoms with Gasteiger partial charge in [0.15, 0.2) is 0 Å². The Labute approximate surface area is 210 Å². The number of aliphatic hydroxyl groups is 1. The standard InChI is InChI=1S/C24H39N5O7/c1-14(2)11-19(28-21(32)17(26)12-15-6-8-16(31)9-7-15)22(33)29-20(13-30)23(34)27-18(24(35)36)5-3-4-10-25/h6-9,14,17-20,30-31H,3-5,10-13,25-26H2,1-2H3,(H,27,34)(H,28,32)(H,29,33)(H,35,36). The molecule has 0 radical (unpaired) electrons. The second-order valence-corrected chi connectivity index (χ2v) is 9.10. The molecule has 0 spiro atoms. The Hall–Kier alpha value is -3.22. The highest BCUT2D eigenvalue weighted by molar-refractivity contribution is 5.94. The summed E-state index contributed by atoms with van der Waals surface area (Å²) in [5.74, 6) is -3.31. The van der Waals surface area contributed by atoms with Crippen molar-refractivity contribution in [3.05, 3.63) is 29.8 Å². The summed E-state index contributed by atoms with van der Waals surface area (Å²) in [7, 11) is 0. The van der Waals surface area contributed by atoms with Crippen LogP contribution in [0.25, 0.3) is 0 Å². The van der Waals surface area contributed by atoms with Crippen molar-refractivity contribution >= 4 is 23.7 Å². The van der Waals surface area contributed by atoms with Crippen LogP contribution in [0, 0.1) is 5.92 Å². The first-order valence-corrected chi connectivity index (χ1v) is 12.0. The zero-order valence-corrected chi connectivity index (χ0v) is 20.8. The predicted molar refractivity (Wildman–Crippen MR) is 133 cm³/mol. The van der Waals surface area contributed by atoms with Gasteiger partial charge in [-0.2, -0.15) is 0 Å². The van der Waals surface area contributed by atoms with Crippen LogP contribution in [0.1, 0.15) is 45.1 Å². The van der Waals surface area contributed by atoms with Gasteiger partial charge in [0.2, 0.25) is 17.7 Å². The van der Waals surface area contributed by atoms with Crippen LogP contribution in [0.3, 0.4) is 0 Å². The van der Waals surface area contributed by atoms with Crippen molar-refractivity contribution in [2.75, 3.05) is 13.2 Å². The maximum Gasteiger partial charge on any atom is 0.326 e. The van der Waals surface area contributed by atoms with Gasteiger partial charge >= 0.3 is 5.97 Å². The lowest BCUT2D eigenvalue weighted by Gasteiger charge is -2.25. The largest absolute Gasteiger partial charge is 0.508 e. The molecule has 0 fully saturated rings. The number of aromatic hydroxyl groups is 1. The fourth-order valence-electron chi connectivity index (χ4n) is 3.45. The van der Waals surface area contributed by atoms with E-state index in [1.54, 1.807) is 12.1 Å². The van der Waals surface area contributed by atoms with E-state index in [1.807, 2.05) is 13.8 Å². The molecule has 0 aliphatic rings. The molecule has 12 nitrogen and oxygen atoms in total. The van der Waals surface area contributed by atoms with Crippen molar-refractivity contribution in [2.45, 2.75) is 70.1 Å². The first kappa shape index (κ1) is 30.8. The van der Waals surface area contributed by atoms with Crippen molar-refractivity contribution in [2.24, 2.45) is 17.4 Å². The Bertz CT molecular complexity index is 863. The molecule has 36 heavy (non-hydrogen) atoms. The smallest absolute Gasteiger partial charge is 0.326 e. The van der Waals surface area contributed by atoms with E-state index in [9.17, 15) is 34.5 Å². The molecule has 4 unspecified atom stereocenters. The topological polar surface area (TPSA) is 217 Å². The summed E-state index contributed by atoms with van der Waals surface area (Å²) in [6.07, 6.45) is 1.63. The summed E-state index contributed by atoms with van der Waals surface area (Å²) in [6.45, 7) is 3.31. The van der Waals surface area contributed by atoms with Crippen LogP contribution < -0.4 is 27.4 Å². The number of carboxylic acid groups (broad SMARTS) is 1. The number of rotatable bonds is 16. The molecule has 1 aromatic carbocycles. The van der Waals surface area contributed by atoms with E-state index >= 15 is 0 Å². The Balaban J connectivity index is 2.82. The third-order valence-corrected chi connectivity index (χ3v) is 5.45. The number of benzene rings is 1. The second-order valence-electron chi connectivity index (χ2n) is 9.10. The van der Waals surface area contributed by atoms with E-state index < -0.39 is 54.5 Å². The molecule has 4 atom stereocenters. The van der Waals surface area contributed by atoms with E-state index in [-0.39, 0.29) is 30.9 Å². The van der Waals surface area contributed by atoms with Gasteiger partial charge in [0.1, 0.15) is 23.9 Å². The summed E-state index contributed by atoms with van der Waals surface area (Å²) in [5.41, 5.74) is 12.1. The molecule has 202 valence electrons. The molecule has 0 aromatic heterocycles. The molecule has 0 saturated carbocycles. The molecule has 0 saturated heterocycles. The molecule has 10 N–H and O–H groups in total. The Morgan fingerprint density at radius 2 is 1.44 bits per heavy atom. The summed E-state index contributed by atoms with van der Waals surface area (Å²) in [5, 5.41) is 35.7. The van der Waals surface area contributed by atoms with E-state index in [2.05, 4.69) is 16.0 Å². The summed E-state index contributed by atoms with van der Waals surface area (Å²) in [4.78, 5) is 49.6. The molecule has 1 rings (SSSR count). The van der Waals surface area contributed by atoms with Gasteiger partial charge in [0, 0.05) is 0 Å². The van der Waals surface area contributed by atoms with Gasteiger partial charge in [0.25, 0.3) is 0 Å². The minimum atomic E-state index is -1.41. The minimum Gasteiger partial charge on any atom is -0.508 e. The number of phenols is 1. The van der Waals surface area contributed by atoms with Crippen LogP contribution in [0.2, 0.25) is 0 Å². The maximum absolute atomic E-state index is 12.9. The first-order valence-electron chi connectivity index (χ1n) is 12.0.